The molecule has 0 radical (unpaired) electrons. The van der Waals surface area contributed by atoms with Crippen molar-refractivity contribution in [1.29, 1.82) is 0 Å². The molecule has 0 fully saturated rings. The monoisotopic (exact) mass is 247 g/mol. The summed E-state index contributed by atoms with van der Waals surface area (Å²) in [6.45, 7) is 0.642. The number of hydrogen-bond donors (Lipinski definition) is 1. The van der Waals surface area contributed by atoms with E-state index in [9.17, 15) is 13.2 Å². The summed E-state index contributed by atoms with van der Waals surface area (Å²) < 4.78 is 33.6. The highest BCUT2D eigenvalue weighted by Crippen LogP contribution is 2.20. The zero-order valence-corrected chi connectivity index (χ0v) is 9.62. The number of nitrogens with one attached hydrogen (secondary N) is 1. The Morgan fingerprint density at radius 2 is 2.31 bits per heavy atom. The van der Waals surface area contributed by atoms with Gasteiger partial charge in [0.2, 0.25) is 10.0 Å². The Labute approximate surface area is 93.6 Å². The fraction of sp³-hybridized carbons (Fsp3) is 0.444. The Bertz CT molecular complexity index is 437. The molecule has 0 saturated heterocycles. The fourth-order valence-electron chi connectivity index (χ4n) is 1.17. The van der Waals surface area contributed by atoms with Crippen LogP contribution < -0.4 is 9.46 Å². The van der Waals surface area contributed by atoms with Crippen molar-refractivity contribution in [2.45, 2.75) is 12.8 Å². The van der Waals surface area contributed by atoms with Crippen molar-refractivity contribution in [1.82, 2.24) is 4.72 Å². The van der Waals surface area contributed by atoms with Crippen LogP contribution in [0.1, 0.15) is 12.2 Å². The molecule has 0 saturated carbocycles. The van der Waals surface area contributed by atoms with Crippen molar-refractivity contribution in [2.24, 2.45) is 0 Å². The lowest BCUT2D eigenvalue weighted by Gasteiger charge is -2.01. The maximum atomic E-state index is 10.8. The maximum Gasteiger partial charge on any atom is 0.298 e. The van der Waals surface area contributed by atoms with E-state index in [-0.39, 0.29) is 0 Å². The van der Waals surface area contributed by atoms with Gasteiger partial charge in [0.1, 0.15) is 5.76 Å². The van der Waals surface area contributed by atoms with E-state index in [2.05, 4.69) is 9.46 Å². The first-order valence-electron chi connectivity index (χ1n) is 4.64. The Kier molecular flexibility index (Phi) is 4.51. The zero-order chi connectivity index (χ0) is 12.0. The summed E-state index contributed by atoms with van der Waals surface area (Å²) in [7, 11) is -3.15. The van der Waals surface area contributed by atoms with Crippen LogP contribution in [0, 0.1) is 0 Å². The lowest BCUT2D eigenvalue weighted by atomic mass is 10.2. The van der Waals surface area contributed by atoms with Crippen molar-refractivity contribution in [3.63, 3.8) is 0 Å². The molecule has 6 nitrogen and oxygen atoms in total. The third kappa shape index (κ3) is 4.45. The van der Waals surface area contributed by atoms with E-state index in [0.717, 1.165) is 6.26 Å². The molecule has 7 heteroatoms. The Morgan fingerprint density at radius 3 is 2.94 bits per heavy atom. The van der Waals surface area contributed by atoms with Crippen molar-refractivity contribution < 1.29 is 22.4 Å². The summed E-state index contributed by atoms with van der Waals surface area (Å²) in [4.78, 5) is 10.1. The molecule has 1 rings (SSSR count). The number of rotatable bonds is 7. The number of sulfonamides is 1. The average molecular weight is 247 g/mol. The minimum atomic E-state index is -3.15. The van der Waals surface area contributed by atoms with Crippen molar-refractivity contribution >= 4 is 16.5 Å². The average Bonchev–Trinajstić information content (AvgIpc) is 2.60. The normalized spacial score (nSPS) is 11.3. The molecule has 0 aromatic carbocycles. The zero-order valence-electron chi connectivity index (χ0n) is 8.80. The van der Waals surface area contributed by atoms with Gasteiger partial charge in [-0.25, -0.2) is 13.1 Å². The molecule has 0 atom stereocenters. The summed E-state index contributed by atoms with van der Waals surface area (Å²) in [6.07, 6.45) is 3.58. The third-order valence-electron chi connectivity index (χ3n) is 1.82. The van der Waals surface area contributed by atoms with Gasteiger partial charge in [0.15, 0.2) is 5.75 Å². The van der Waals surface area contributed by atoms with Gasteiger partial charge in [-0.15, -0.1) is 0 Å². The number of aryl methyl sites for hydroxylation is 1. The van der Waals surface area contributed by atoms with Gasteiger partial charge in [0, 0.05) is 19.0 Å². The van der Waals surface area contributed by atoms with Crippen LogP contribution in [0.3, 0.4) is 0 Å². The highest BCUT2D eigenvalue weighted by Gasteiger charge is 2.07. The largest absolute Gasteiger partial charge is 0.465 e. The van der Waals surface area contributed by atoms with Crippen molar-refractivity contribution in [3.05, 3.63) is 18.1 Å². The minimum absolute atomic E-state index is 0.320. The molecule has 90 valence electrons. The summed E-state index contributed by atoms with van der Waals surface area (Å²) in [5.74, 6) is 0.900. The molecule has 1 aromatic rings. The molecular formula is C9H13NO5S. The first-order chi connectivity index (χ1) is 7.53. The molecule has 1 aromatic heterocycles. The van der Waals surface area contributed by atoms with Crippen LogP contribution in [-0.4, -0.2) is 27.7 Å². The van der Waals surface area contributed by atoms with Gasteiger partial charge in [-0.1, -0.05) is 0 Å². The molecule has 0 aliphatic carbocycles. The number of carbonyl (C=O) groups is 1. The second kappa shape index (κ2) is 5.66. The second-order valence-corrected chi connectivity index (χ2v) is 5.03. The SMILES string of the molecule is CS(=O)(=O)NCCCc1occc1OC=O. The summed E-state index contributed by atoms with van der Waals surface area (Å²) in [5, 5.41) is 0. The maximum absolute atomic E-state index is 10.8. The van der Waals surface area contributed by atoms with Gasteiger partial charge in [0.25, 0.3) is 6.47 Å². The Hall–Kier alpha value is -1.34. The van der Waals surface area contributed by atoms with Crippen molar-refractivity contribution in [3.8, 4) is 5.75 Å². The Morgan fingerprint density at radius 1 is 1.56 bits per heavy atom. The highest BCUT2D eigenvalue weighted by atomic mass is 32.2. The van der Waals surface area contributed by atoms with E-state index in [4.69, 9.17) is 4.42 Å². The molecular weight excluding hydrogens is 234 g/mol. The standard InChI is InChI=1S/C9H13NO5S/c1-16(12,13)10-5-2-3-8-9(15-7-11)4-6-14-8/h4,6-7,10H,2-3,5H2,1H3. The van der Waals surface area contributed by atoms with E-state index >= 15 is 0 Å². The van der Waals surface area contributed by atoms with Gasteiger partial charge >= 0.3 is 0 Å². The molecule has 0 spiro atoms. The lowest BCUT2D eigenvalue weighted by Crippen LogP contribution is -2.23. The lowest BCUT2D eigenvalue weighted by molar-refractivity contribution is -0.120. The molecule has 0 bridgehead atoms. The van der Waals surface area contributed by atoms with E-state index in [1.54, 1.807) is 0 Å². The summed E-state index contributed by atoms with van der Waals surface area (Å²) in [5.41, 5.74) is 0. The highest BCUT2D eigenvalue weighted by molar-refractivity contribution is 7.88. The van der Waals surface area contributed by atoms with Crippen LogP contribution in [0.4, 0.5) is 0 Å². The van der Waals surface area contributed by atoms with E-state index in [0.29, 0.717) is 37.4 Å². The Balaban J connectivity index is 2.37. The van der Waals surface area contributed by atoms with E-state index in [1.165, 1.54) is 12.3 Å². The van der Waals surface area contributed by atoms with Gasteiger partial charge < -0.3 is 9.15 Å². The van der Waals surface area contributed by atoms with Gasteiger partial charge in [-0.2, -0.15) is 0 Å². The minimum Gasteiger partial charge on any atom is -0.465 e. The molecule has 1 N–H and O–H groups in total. The number of furan rings is 1. The van der Waals surface area contributed by atoms with Crippen LogP contribution in [0.2, 0.25) is 0 Å². The van der Waals surface area contributed by atoms with E-state index in [1.807, 2.05) is 0 Å². The predicted molar refractivity (Wildman–Crippen MR) is 56.6 cm³/mol. The topological polar surface area (TPSA) is 85.6 Å². The van der Waals surface area contributed by atoms with Crippen LogP contribution in [-0.2, 0) is 21.2 Å². The molecule has 0 unspecified atom stereocenters. The van der Waals surface area contributed by atoms with Crippen LogP contribution >= 0.6 is 0 Å². The molecule has 0 aliphatic heterocycles. The third-order valence-corrected chi connectivity index (χ3v) is 2.55. The number of hydrogen-bond acceptors (Lipinski definition) is 5. The fourth-order valence-corrected chi connectivity index (χ4v) is 1.69. The summed E-state index contributed by atoms with van der Waals surface area (Å²) in [6, 6.07) is 1.54. The quantitative estimate of drug-likeness (QED) is 0.553. The molecule has 1 heterocycles. The smallest absolute Gasteiger partial charge is 0.298 e. The van der Waals surface area contributed by atoms with Gasteiger partial charge in [0.05, 0.1) is 12.5 Å². The first kappa shape index (κ1) is 12.7. The second-order valence-electron chi connectivity index (χ2n) is 3.19. The summed E-state index contributed by atoms with van der Waals surface area (Å²) >= 11 is 0. The van der Waals surface area contributed by atoms with Crippen molar-refractivity contribution in [2.75, 3.05) is 12.8 Å². The molecule has 16 heavy (non-hydrogen) atoms. The van der Waals surface area contributed by atoms with Crippen LogP contribution in [0.25, 0.3) is 0 Å². The molecule has 0 aliphatic rings. The first-order valence-corrected chi connectivity index (χ1v) is 6.53. The van der Waals surface area contributed by atoms with Gasteiger partial charge in [-0.05, 0) is 6.42 Å². The van der Waals surface area contributed by atoms with Crippen LogP contribution in [0.5, 0.6) is 5.75 Å². The number of ether oxygens (including phenoxy) is 1. The predicted octanol–water partition coefficient (Wildman–Crippen LogP) is 0.297. The van der Waals surface area contributed by atoms with Crippen LogP contribution in [0.15, 0.2) is 16.7 Å². The molecule has 0 amide bonds. The van der Waals surface area contributed by atoms with E-state index < -0.39 is 10.0 Å². The van der Waals surface area contributed by atoms with Gasteiger partial charge in [-0.3, -0.25) is 4.79 Å². The number of carbonyl (C=O) groups excluding carboxylic acids is 1.